The molecule has 1 amide bonds. The van der Waals surface area contributed by atoms with E-state index < -0.39 is 11.7 Å². The van der Waals surface area contributed by atoms with Crippen molar-refractivity contribution in [3.8, 4) is 0 Å². The van der Waals surface area contributed by atoms with E-state index in [1.54, 1.807) is 20.8 Å². The highest BCUT2D eigenvalue weighted by molar-refractivity contribution is 5.69. The molecular weight excluding hydrogens is 230 g/mol. The molecule has 0 aliphatic rings. The number of hydrogen-bond donors (Lipinski definition) is 1. The Morgan fingerprint density at radius 2 is 1.94 bits per heavy atom. The number of carbonyl (C=O) groups excluding carboxylic acids is 2. The number of aldehydes is 1. The Morgan fingerprint density at radius 1 is 1.33 bits per heavy atom. The molecule has 1 N–H and O–H groups in total. The lowest BCUT2D eigenvalue weighted by Gasteiger charge is -2.20. The normalized spacial score (nSPS) is 12.6. The van der Waals surface area contributed by atoms with Crippen molar-refractivity contribution in [2.45, 2.75) is 32.3 Å². The van der Waals surface area contributed by atoms with Gasteiger partial charge in [0, 0.05) is 6.54 Å². The number of rotatable bonds is 4. The second-order valence-electron chi connectivity index (χ2n) is 5.04. The summed E-state index contributed by atoms with van der Waals surface area (Å²) in [4.78, 5) is 22.5. The highest BCUT2D eigenvalue weighted by Gasteiger charge is 2.17. The quantitative estimate of drug-likeness (QED) is 0.834. The highest BCUT2D eigenvalue weighted by Crippen LogP contribution is 2.12. The van der Waals surface area contributed by atoms with E-state index in [1.165, 1.54) is 0 Å². The van der Waals surface area contributed by atoms with E-state index in [4.69, 9.17) is 4.74 Å². The summed E-state index contributed by atoms with van der Waals surface area (Å²) in [7, 11) is 0. The van der Waals surface area contributed by atoms with Gasteiger partial charge in [0.15, 0.2) is 0 Å². The highest BCUT2D eigenvalue weighted by atomic mass is 16.6. The zero-order valence-electron chi connectivity index (χ0n) is 11.0. The number of alkyl carbamates (subject to hydrolysis) is 1. The second-order valence-corrected chi connectivity index (χ2v) is 5.04. The Morgan fingerprint density at radius 3 is 2.44 bits per heavy atom. The Hall–Kier alpha value is -1.84. The van der Waals surface area contributed by atoms with Crippen LogP contribution >= 0.6 is 0 Å². The molecule has 98 valence electrons. The fourth-order valence-electron chi connectivity index (χ4n) is 1.45. The van der Waals surface area contributed by atoms with Gasteiger partial charge < -0.3 is 14.8 Å². The van der Waals surface area contributed by atoms with Crippen LogP contribution in [0.4, 0.5) is 4.79 Å². The van der Waals surface area contributed by atoms with E-state index >= 15 is 0 Å². The predicted molar refractivity (Wildman–Crippen MR) is 69.5 cm³/mol. The molecule has 0 radical (unpaired) electrons. The van der Waals surface area contributed by atoms with Gasteiger partial charge >= 0.3 is 6.09 Å². The van der Waals surface area contributed by atoms with Gasteiger partial charge in [-0.25, -0.2) is 4.79 Å². The van der Waals surface area contributed by atoms with E-state index in [9.17, 15) is 9.59 Å². The molecular formula is C14H19NO3. The molecule has 1 aromatic carbocycles. The number of carbonyl (C=O) groups is 2. The summed E-state index contributed by atoms with van der Waals surface area (Å²) in [6.45, 7) is 5.62. The van der Waals surface area contributed by atoms with Crippen LogP contribution in [0.3, 0.4) is 0 Å². The lowest BCUT2D eigenvalue weighted by molar-refractivity contribution is -0.109. The Kier molecular flexibility index (Phi) is 4.89. The van der Waals surface area contributed by atoms with E-state index in [0.717, 1.165) is 11.8 Å². The van der Waals surface area contributed by atoms with Crippen molar-refractivity contribution >= 4 is 12.4 Å². The van der Waals surface area contributed by atoms with E-state index in [1.807, 2.05) is 30.3 Å². The SMILES string of the molecule is CC(C)(C)OC(=O)NC[C@@H](C=O)c1ccccc1. The van der Waals surface area contributed by atoms with Crippen LogP contribution in [0.15, 0.2) is 30.3 Å². The second kappa shape index (κ2) is 6.19. The molecule has 0 unspecified atom stereocenters. The minimum atomic E-state index is -0.534. The molecule has 0 aromatic heterocycles. The monoisotopic (exact) mass is 249 g/mol. The molecule has 4 heteroatoms. The first-order valence-electron chi connectivity index (χ1n) is 5.89. The maximum atomic E-state index is 11.5. The molecule has 0 aliphatic heterocycles. The van der Waals surface area contributed by atoms with Crippen molar-refractivity contribution < 1.29 is 14.3 Å². The van der Waals surface area contributed by atoms with Crippen LogP contribution in [0.2, 0.25) is 0 Å². The topological polar surface area (TPSA) is 55.4 Å². The summed E-state index contributed by atoms with van der Waals surface area (Å²) < 4.78 is 5.10. The van der Waals surface area contributed by atoms with Gasteiger partial charge in [-0.3, -0.25) is 0 Å². The van der Waals surface area contributed by atoms with E-state index in [-0.39, 0.29) is 12.5 Å². The zero-order chi connectivity index (χ0) is 13.6. The maximum absolute atomic E-state index is 11.5. The van der Waals surface area contributed by atoms with E-state index in [0.29, 0.717) is 0 Å². The molecule has 1 aromatic rings. The van der Waals surface area contributed by atoms with Crippen LogP contribution in [0, 0.1) is 0 Å². The number of benzene rings is 1. The van der Waals surface area contributed by atoms with Crippen LogP contribution in [0.5, 0.6) is 0 Å². The summed E-state index contributed by atoms with van der Waals surface area (Å²) in [6.07, 6.45) is 0.317. The van der Waals surface area contributed by atoms with Crippen molar-refractivity contribution in [2.75, 3.05) is 6.54 Å². The molecule has 0 bridgehead atoms. The first-order valence-corrected chi connectivity index (χ1v) is 5.89. The van der Waals surface area contributed by atoms with Gasteiger partial charge in [0.25, 0.3) is 0 Å². The third-order valence-electron chi connectivity index (χ3n) is 2.26. The third kappa shape index (κ3) is 4.99. The summed E-state index contributed by atoms with van der Waals surface area (Å²) in [6, 6.07) is 9.32. The Bertz CT molecular complexity index is 395. The van der Waals surface area contributed by atoms with E-state index in [2.05, 4.69) is 5.32 Å². The Labute approximate surface area is 107 Å². The van der Waals surface area contributed by atoms with Gasteiger partial charge in [-0.15, -0.1) is 0 Å². The van der Waals surface area contributed by atoms with Gasteiger partial charge in [0.1, 0.15) is 11.9 Å². The average molecular weight is 249 g/mol. The molecule has 1 rings (SSSR count). The maximum Gasteiger partial charge on any atom is 0.407 e. The van der Waals surface area contributed by atoms with Gasteiger partial charge in [-0.2, -0.15) is 0 Å². The summed E-state index contributed by atoms with van der Waals surface area (Å²) >= 11 is 0. The fraction of sp³-hybridized carbons (Fsp3) is 0.429. The minimum Gasteiger partial charge on any atom is -0.444 e. The van der Waals surface area contributed by atoms with Crippen LogP contribution in [-0.4, -0.2) is 24.5 Å². The smallest absolute Gasteiger partial charge is 0.407 e. The van der Waals surface area contributed by atoms with Crippen molar-refractivity contribution in [2.24, 2.45) is 0 Å². The largest absolute Gasteiger partial charge is 0.444 e. The number of amides is 1. The Balaban J connectivity index is 2.51. The molecule has 0 heterocycles. The van der Waals surface area contributed by atoms with Crippen LogP contribution in [0.25, 0.3) is 0 Å². The predicted octanol–water partition coefficient (Wildman–Crippen LogP) is 2.49. The van der Waals surface area contributed by atoms with Gasteiger partial charge in [0.2, 0.25) is 0 Å². The van der Waals surface area contributed by atoms with Crippen molar-refractivity contribution in [3.05, 3.63) is 35.9 Å². The number of hydrogen-bond acceptors (Lipinski definition) is 3. The fourth-order valence-corrected chi connectivity index (χ4v) is 1.45. The summed E-state index contributed by atoms with van der Waals surface area (Å²) in [5, 5.41) is 2.60. The molecule has 0 saturated carbocycles. The zero-order valence-corrected chi connectivity index (χ0v) is 11.0. The molecule has 0 fully saturated rings. The molecule has 0 saturated heterocycles. The van der Waals surface area contributed by atoms with Crippen LogP contribution in [0.1, 0.15) is 32.3 Å². The lowest BCUT2D eigenvalue weighted by atomic mass is 10.0. The lowest BCUT2D eigenvalue weighted by Crippen LogP contribution is -2.35. The van der Waals surface area contributed by atoms with Crippen LogP contribution in [-0.2, 0) is 9.53 Å². The first kappa shape index (κ1) is 14.2. The summed E-state index contributed by atoms with van der Waals surface area (Å²) in [5.74, 6) is -0.348. The van der Waals surface area contributed by atoms with Crippen molar-refractivity contribution in [3.63, 3.8) is 0 Å². The molecule has 4 nitrogen and oxygen atoms in total. The number of ether oxygens (including phenoxy) is 1. The third-order valence-corrected chi connectivity index (χ3v) is 2.26. The molecule has 18 heavy (non-hydrogen) atoms. The standard InChI is InChI=1S/C14H19NO3/c1-14(2,3)18-13(17)15-9-12(10-16)11-7-5-4-6-8-11/h4-8,10,12H,9H2,1-3H3,(H,15,17)/t12-/m0/s1. The van der Waals surface area contributed by atoms with Crippen LogP contribution < -0.4 is 5.32 Å². The summed E-state index contributed by atoms with van der Waals surface area (Å²) in [5.41, 5.74) is 0.344. The van der Waals surface area contributed by atoms with Gasteiger partial charge in [-0.1, -0.05) is 30.3 Å². The number of nitrogens with one attached hydrogen (secondary N) is 1. The molecule has 1 atom stereocenters. The van der Waals surface area contributed by atoms with Gasteiger partial charge in [-0.05, 0) is 26.3 Å². The molecule has 0 aliphatic carbocycles. The minimum absolute atomic E-state index is 0.239. The van der Waals surface area contributed by atoms with Crippen molar-refractivity contribution in [1.82, 2.24) is 5.32 Å². The van der Waals surface area contributed by atoms with Crippen molar-refractivity contribution in [1.29, 1.82) is 0 Å². The molecule has 0 spiro atoms. The average Bonchev–Trinajstić information content (AvgIpc) is 2.29. The first-order chi connectivity index (χ1) is 8.42. The van der Waals surface area contributed by atoms with Gasteiger partial charge in [0.05, 0.1) is 5.92 Å².